The Labute approximate surface area is 101 Å². The number of halogens is 5. The Morgan fingerprint density at radius 2 is 1.88 bits per heavy atom. The van der Waals surface area contributed by atoms with Gasteiger partial charge in [-0.1, -0.05) is 15.9 Å². The summed E-state index contributed by atoms with van der Waals surface area (Å²) < 4.78 is 51.3. The summed E-state index contributed by atoms with van der Waals surface area (Å²) >= 11 is 2.99. The number of ketones is 1. The van der Waals surface area contributed by atoms with Gasteiger partial charge in [0.2, 0.25) is 5.78 Å². The van der Waals surface area contributed by atoms with Gasteiger partial charge < -0.3 is 0 Å². The molecule has 0 saturated heterocycles. The van der Waals surface area contributed by atoms with Crippen LogP contribution in [-0.2, 0) is 0 Å². The smallest absolute Gasteiger partial charge is 0.289 e. The summed E-state index contributed by atoms with van der Waals surface area (Å²) in [5, 5.41) is 0. The third kappa shape index (κ3) is 2.11. The summed E-state index contributed by atoms with van der Waals surface area (Å²) in [7, 11) is 0. The van der Waals surface area contributed by atoms with Gasteiger partial charge in [-0.2, -0.15) is 13.2 Å². The normalized spacial score (nSPS) is 19.9. The molecule has 1 aliphatic rings. The number of hydrogen-bond acceptors (Lipinski definition) is 2. The van der Waals surface area contributed by atoms with E-state index in [0.717, 1.165) is 12.1 Å². The van der Waals surface area contributed by atoms with Gasteiger partial charge in [0, 0.05) is 15.6 Å². The first-order valence-corrected chi connectivity index (χ1v) is 5.23. The minimum Gasteiger partial charge on any atom is -0.289 e. The molecule has 0 bridgehead atoms. The highest BCUT2D eigenvalue weighted by Crippen LogP contribution is 2.31. The highest BCUT2D eigenvalue weighted by atomic mass is 79.9. The predicted octanol–water partition coefficient (Wildman–Crippen LogP) is 3.29. The Morgan fingerprint density at radius 1 is 1.24 bits per heavy atom. The van der Waals surface area contributed by atoms with E-state index in [1.165, 1.54) is 6.07 Å². The number of hydrogen-bond donors (Lipinski definition) is 0. The first-order chi connectivity index (χ1) is 7.80. The lowest BCUT2D eigenvalue weighted by molar-refractivity contribution is -0.0588. The zero-order chi connectivity index (χ0) is 12.8. The molecule has 90 valence electrons. The van der Waals surface area contributed by atoms with Crippen molar-refractivity contribution in [1.82, 2.24) is 0 Å². The minimum absolute atomic E-state index is 0.303. The monoisotopic (exact) mass is 309 g/mol. The van der Waals surface area contributed by atoms with Gasteiger partial charge in [0.1, 0.15) is 0 Å². The molecule has 1 heterocycles. The van der Waals surface area contributed by atoms with Crippen molar-refractivity contribution in [3.05, 3.63) is 33.8 Å². The van der Waals surface area contributed by atoms with Gasteiger partial charge in [-0.15, -0.1) is 0 Å². The van der Waals surface area contributed by atoms with Crippen LogP contribution in [0.2, 0.25) is 0 Å². The molecule has 1 unspecified atom stereocenters. The average molecular weight is 310 g/mol. The summed E-state index contributed by atoms with van der Waals surface area (Å²) in [6, 6.07) is 3.63. The van der Waals surface area contributed by atoms with Crippen molar-refractivity contribution in [3.8, 4) is 0 Å². The van der Waals surface area contributed by atoms with E-state index < -0.39 is 29.5 Å². The topological polar surface area (TPSA) is 29.4 Å². The Kier molecular flexibility index (Phi) is 2.81. The second-order valence-corrected chi connectivity index (χ2v) is 4.28. The highest BCUT2D eigenvalue weighted by Gasteiger charge is 2.43. The van der Waals surface area contributed by atoms with E-state index in [1.807, 2.05) is 0 Å². The third-order valence-corrected chi connectivity index (χ3v) is 2.72. The van der Waals surface area contributed by atoms with Gasteiger partial charge in [-0.3, -0.25) is 4.79 Å². The highest BCUT2D eigenvalue weighted by molar-refractivity contribution is 9.10. The summed E-state index contributed by atoms with van der Waals surface area (Å²) in [5.74, 6) is -1.06. The molecular formula is C10H4BrF4NO. The SMILES string of the molecule is O=C1c2ccc(Br)cc2C(C(F)(F)F)=NC1F. The van der Waals surface area contributed by atoms with Gasteiger partial charge in [-0.05, 0) is 18.2 Å². The number of Topliss-reactive ketones (excluding diaryl/α,β-unsaturated/α-hetero) is 1. The quantitative estimate of drug-likeness (QED) is 0.534. The van der Waals surface area contributed by atoms with Crippen LogP contribution in [0.4, 0.5) is 17.6 Å². The first kappa shape index (κ1) is 12.2. The van der Waals surface area contributed by atoms with Crippen molar-refractivity contribution in [2.75, 3.05) is 0 Å². The molecular weight excluding hydrogens is 306 g/mol. The van der Waals surface area contributed by atoms with E-state index in [-0.39, 0.29) is 5.56 Å². The Bertz CT molecular complexity index is 524. The van der Waals surface area contributed by atoms with Crippen molar-refractivity contribution in [2.45, 2.75) is 12.5 Å². The molecule has 0 saturated carbocycles. The third-order valence-electron chi connectivity index (χ3n) is 2.23. The number of alkyl halides is 4. The molecule has 7 heteroatoms. The zero-order valence-corrected chi connectivity index (χ0v) is 9.64. The molecule has 17 heavy (non-hydrogen) atoms. The molecule has 1 aliphatic heterocycles. The number of benzene rings is 1. The average Bonchev–Trinajstić information content (AvgIpc) is 2.21. The molecule has 2 rings (SSSR count). The Morgan fingerprint density at radius 3 is 2.47 bits per heavy atom. The number of fused-ring (bicyclic) bond motifs is 1. The predicted molar refractivity (Wildman–Crippen MR) is 56.0 cm³/mol. The van der Waals surface area contributed by atoms with Crippen LogP contribution in [0.1, 0.15) is 15.9 Å². The summed E-state index contributed by atoms with van der Waals surface area (Å²) in [6.07, 6.45) is -7.28. The molecule has 2 nitrogen and oxygen atoms in total. The molecule has 0 fully saturated rings. The van der Waals surface area contributed by atoms with E-state index in [2.05, 4.69) is 20.9 Å². The van der Waals surface area contributed by atoms with E-state index in [9.17, 15) is 22.4 Å². The molecule has 0 aliphatic carbocycles. The molecule has 0 aromatic heterocycles. The molecule has 0 N–H and O–H groups in total. The summed E-state index contributed by atoms with van der Waals surface area (Å²) in [4.78, 5) is 14.1. The number of nitrogens with zero attached hydrogens (tertiary/aromatic N) is 1. The van der Waals surface area contributed by atoms with Crippen molar-refractivity contribution in [3.63, 3.8) is 0 Å². The molecule has 0 spiro atoms. The van der Waals surface area contributed by atoms with Gasteiger partial charge in [-0.25, -0.2) is 9.38 Å². The van der Waals surface area contributed by atoms with E-state index >= 15 is 0 Å². The van der Waals surface area contributed by atoms with Crippen LogP contribution in [0.25, 0.3) is 0 Å². The molecule has 1 atom stereocenters. The van der Waals surface area contributed by atoms with Gasteiger partial charge in [0.05, 0.1) is 0 Å². The maximum atomic E-state index is 13.1. The zero-order valence-electron chi connectivity index (χ0n) is 8.05. The number of aliphatic imine (C=N–C) groups is 1. The fraction of sp³-hybridized carbons (Fsp3) is 0.200. The van der Waals surface area contributed by atoms with Gasteiger partial charge in [0.25, 0.3) is 6.30 Å². The van der Waals surface area contributed by atoms with Crippen LogP contribution in [0, 0.1) is 0 Å². The van der Waals surface area contributed by atoms with Crippen molar-refractivity contribution >= 4 is 27.4 Å². The van der Waals surface area contributed by atoms with Crippen LogP contribution in [0.15, 0.2) is 27.7 Å². The fourth-order valence-corrected chi connectivity index (χ4v) is 1.88. The lowest BCUT2D eigenvalue weighted by atomic mass is 9.96. The van der Waals surface area contributed by atoms with E-state index in [4.69, 9.17) is 0 Å². The maximum absolute atomic E-state index is 13.1. The van der Waals surface area contributed by atoms with Gasteiger partial charge in [0.15, 0.2) is 5.71 Å². The van der Waals surface area contributed by atoms with Gasteiger partial charge >= 0.3 is 6.18 Å². The lowest BCUT2D eigenvalue weighted by Gasteiger charge is -2.20. The Balaban J connectivity index is 2.68. The first-order valence-electron chi connectivity index (χ1n) is 4.44. The van der Waals surface area contributed by atoms with Crippen LogP contribution in [0.5, 0.6) is 0 Å². The molecule has 1 aromatic carbocycles. The van der Waals surface area contributed by atoms with Crippen LogP contribution >= 0.6 is 15.9 Å². The number of carbonyl (C=O) groups excluding carboxylic acids is 1. The maximum Gasteiger partial charge on any atom is 0.433 e. The van der Waals surface area contributed by atoms with Crippen LogP contribution in [0.3, 0.4) is 0 Å². The summed E-state index contributed by atoms with van der Waals surface area (Å²) in [5.41, 5.74) is -2.06. The second-order valence-electron chi connectivity index (χ2n) is 3.37. The summed E-state index contributed by atoms with van der Waals surface area (Å²) in [6.45, 7) is 0. The van der Waals surface area contributed by atoms with Crippen molar-refractivity contribution < 1.29 is 22.4 Å². The van der Waals surface area contributed by atoms with E-state index in [1.54, 1.807) is 0 Å². The number of rotatable bonds is 0. The largest absolute Gasteiger partial charge is 0.433 e. The molecule has 0 amide bonds. The van der Waals surface area contributed by atoms with Crippen molar-refractivity contribution in [1.29, 1.82) is 0 Å². The van der Waals surface area contributed by atoms with Crippen LogP contribution < -0.4 is 0 Å². The van der Waals surface area contributed by atoms with Crippen LogP contribution in [-0.4, -0.2) is 24.0 Å². The second kappa shape index (κ2) is 3.90. The lowest BCUT2D eigenvalue weighted by Crippen LogP contribution is -2.33. The minimum atomic E-state index is -4.79. The standard InChI is InChI=1S/C10H4BrF4NO/c11-4-1-2-5-6(3-4)8(10(13,14)15)16-9(12)7(5)17/h1-3,9H. The van der Waals surface area contributed by atoms with E-state index in [0.29, 0.717) is 4.47 Å². The Hall–Kier alpha value is -1.24. The van der Waals surface area contributed by atoms with Crippen molar-refractivity contribution in [2.24, 2.45) is 4.99 Å². The number of carbonyl (C=O) groups is 1. The molecule has 1 aromatic rings. The fourth-order valence-electron chi connectivity index (χ4n) is 1.52. The molecule has 0 radical (unpaired) electrons.